The van der Waals surface area contributed by atoms with Crippen molar-refractivity contribution in [3.63, 3.8) is 0 Å². The summed E-state index contributed by atoms with van der Waals surface area (Å²) in [7, 11) is 0. The number of nitrogens with one attached hydrogen (secondary N) is 1. The Morgan fingerprint density at radius 1 is 1.00 bits per heavy atom. The van der Waals surface area contributed by atoms with Crippen LogP contribution in [0.4, 0.5) is 13.2 Å². The molecule has 0 bridgehead atoms. The summed E-state index contributed by atoms with van der Waals surface area (Å²) in [6.07, 6.45) is -0.386. The molecular weight excluding hydrogens is 311 g/mol. The van der Waals surface area contributed by atoms with Crippen molar-refractivity contribution in [2.45, 2.75) is 26.9 Å². The largest absolute Gasteiger partial charge is 0.416 e. The number of aromatic amines is 1. The van der Waals surface area contributed by atoms with Crippen LogP contribution in [0.5, 0.6) is 0 Å². The lowest BCUT2D eigenvalue weighted by molar-refractivity contribution is -0.137. The maximum Gasteiger partial charge on any atom is 0.416 e. The number of fused-ring (bicyclic) bond motifs is 1. The van der Waals surface area contributed by atoms with E-state index in [2.05, 4.69) is 23.7 Å². The summed E-state index contributed by atoms with van der Waals surface area (Å²) in [6.45, 7) is 9.37. The third kappa shape index (κ3) is 5.30. The zero-order chi connectivity index (χ0) is 18.2. The summed E-state index contributed by atoms with van der Waals surface area (Å²) in [4.78, 5) is 3.17. The maximum atomic E-state index is 12.0. The molecule has 0 radical (unpaired) electrons. The Hall–Kier alpha value is -2.49. The SMILES string of the molecule is C=Cc1c[nH]c2ccccc12.CC.Cc1cccc(C(F)(F)F)c1. The van der Waals surface area contributed by atoms with Gasteiger partial charge >= 0.3 is 6.18 Å². The van der Waals surface area contributed by atoms with Gasteiger partial charge in [0.1, 0.15) is 0 Å². The lowest BCUT2D eigenvalue weighted by atomic mass is 10.1. The fourth-order valence-corrected chi connectivity index (χ4v) is 2.08. The lowest BCUT2D eigenvalue weighted by Gasteiger charge is -2.05. The first-order valence-electron chi connectivity index (χ1n) is 7.74. The summed E-state index contributed by atoms with van der Waals surface area (Å²) >= 11 is 0. The van der Waals surface area contributed by atoms with Gasteiger partial charge in [0.2, 0.25) is 0 Å². The molecule has 0 saturated carbocycles. The van der Waals surface area contributed by atoms with Crippen LogP contribution in [0, 0.1) is 6.92 Å². The Balaban J connectivity index is 0.000000218. The first kappa shape index (κ1) is 19.6. The van der Waals surface area contributed by atoms with Crippen molar-refractivity contribution in [1.82, 2.24) is 4.98 Å². The van der Waals surface area contributed by atoms with Crippen molar-refractivity contribution < 1.29 is 13.2 Å². The topological polar surface area (TPSA) is 15.8 Å². The fraction of sp³-hybridized carbons (Fsp3) is 0.200. The van der Waals surface area contributed by atoms with E-state index in [9.17, 15) is 13.2 Å². The van der Waals surface area contributed by atoms with E-state index in [1.54, 1.807) is 13.0 Å². The zero-order valence-corrected chi connectivity index (χ0v) is 14.1. The Kier molecular flexibility index (Phi) is 7.31. The molecule has 0 unspecified atom stereocenters. The molecule has 4 heteroatoms. The minimum atomic E-state index is -4.22. The molecule has 3 rings (SSSR count). The molecule has 0 spiro atoms. The maximum absolute atomic E-state index is 12.0. The zero-order valence-electron chi connectivity index (χ0n) is 14.1. The molecule has 0 aliphatic carbocycles. The molecule has 1 N–H and O–H groups in total. The number of hydrogen-bond donors (Lipinski definition) is 1. The van der Waals surface area contributed by atoms with E-state index in [0.717, 1.165) is 12.1 Å². The molecule has 0 saturated heterocycles. The van der Waals surface area contributed by atoms with Gasteiger partial charge in [-0.1, -0.05) is 68.5 Å². The van der Waals surface area contributed by atoms with E-state index < -0.39 is 11.7 Å². The van der Waals surface area contributed by atoms with E-state index in [0.29, 0.717) is 5.56 Å². The Morgan fingerprint density at radius 2 is 1.67 bits per heavy atom. The third-order valence-electron chi connectivity index (χ3n) is 3.19. The first-order valence-corrected chi connectivity index (χ1v) is 7.74. The minimum Gasteiger partial charge on any atom is -0.361 e. The van der Waals surface area contributed by atoms with Gasteiger partial charge in [-0.3, -0.25) is 0 Å². The van der Waals surface area contributed by atoms with Crippen LogP contribution in [-0.4, -0.2) is 4.98 Å². The van der Waals surface area contributed by atoms with Crippen molar-refractivity contribution in [3.8, 4) is 0 Å². The molecule has 24 heavy (non-hydrogen) atoms. The summed E-state index contributed by atoms with van der Waals surface area (Å²) in [5.41, 5.74) is 2.38. The van der Waals surface area contributed by atoms with Crippen molar-refractivity contribution in [3.05, 3.63) is 78.0 Å². The van der Waals surface area contributed by atoms with Gasteiger partial charge in [0.15, 0.2) is 0 Å². The molecule has 1 heterocycles. The van der Waals surface area contributed by atoms with Gasteiger partial charge in [0.05, 0.1) is 5.56 Å². The van der Waals surface area contributed by atoms with Crippen molar-refractivity contribution >= 4 is 17.0 Å². The number of benzene rings is 2. The molecule has 0 aliphatic heterocycles. The number of rotatable bonds is 1. The van der Waals surface area contributed by atoms with E-state index in [1.165, 1.54) is 22.5 Å². The number of hydrogen-bond acceptors (Lipinski definition) is 0. The quantitative estimate of drug-likeness (QED) is 0.501. The van der Waals surface area contributed by atoms with Crippen LogP contribution >= 0.6 is 0 Å². The van der Waals surface area contributed by atoms with Crippen LogP contribution in [0.1, 0.15) is 30.5 Å². The van der Waals surface area contributed by atoms with Gasteiger partial charge in [0, 0.05) is 17.1 Å². The summed E-state index contributed by atoms with van der Waals surface area (Å²) in [6, 6.07) is 13.4. The number of para-hydroxylation sites is 1. The van der Waals surface area contributed by atoms with Gasteiger partial charge in [-0.15, -0.1) is 0 Å². The van der Waals surface area contributed by atoms with Crippen LogP contribution in [0.15, 0.2) is 61.3 Å². The second-order valence-corrected chi connectivity index (χ2v) is 4.86. The highest BCUT2D eigenvalue weighted by molar-refractivity contribution is 5.88. The number of alkyl halides is 3. The molecule has 1 nitrogen and oxygen atoms in total. The highest BCUT2D eigenvalue weighted by Gasteiger charge is 2.29. The molecular formula is C20H22F3N. The molecule has 2 aromatic carbocycles. The number of aromatic nitrogens is 1. The van der Waals surface area contributed by atoms with Crippen LogP contribution in [0.25, 0.3) is 17.0 Å². The second-order valence-electron chi connectivity index (χ2n) is 4.86. The Morgan fingerprint density at radius 3 is 2.21 bits per heavy atom. The van der Waals surface area contributed by atoms with Crippen molar-refractivity contribution in [2.75, 3.05) is 0 Å². The predicted molar refractivity (Wildman–Crippen MR) is 95.9 cm³/mol. The van der Waals surface area contributed by atoms with Crippen molar-refractivity contribution in [2.24, 2.45) is 0 Å². The van der Waals surface area contributed by atoms with Gasteiger partial charge in [-0.05, 0) is 24.6 Å². The molecule has 0 aliphatic rings. The summed E-state index contributed by atoms with van der Waals surface area (Å²) < 4.78 is 35.9. The van der Waals surface area contributed by atoms with E-state index in [4.69, 9.17) is 0 Å². The molecule has 0 amide bonds. The summed E-state index contributed by atoms with van der Waals surface area (Å²) in [5, 5.41) is 1.24. The van der Waals surface area contributed by atoms with Crippen LogP contribution < -0.4 is 0 Å². The highest BCUT2D eigenvalue weighted by atomic mass is 19.4. The van der Waals surface area contributed by atoms with Gasteiger partial charge < -0.3 is 4.98 Å². The standard InChI is InChI=1S/C10H9N.C8H7F3.C2H6/c1-2-8-7-11-10-6-4-3-5-9(8)10;1-6-3-2-4-7(5-6)8(9,10)11;1-2/h2-7,11H,1H2;2-5H,1H3;1-2H3. The van der Waals surface area contributed by atoms with Crippen LogP contribution in [-0.2, 0) is 6.18 Å². The average molecular weight is 333 g/mol. The van der Waals surface area contributed by atoms with E-state index in [-0.39, 0.29) is 0 Å². The number of H-pyrrole nitrogens is 1. The van der Waals surface area contributed by atoms with E-state index in [1.807, 2.05) is 38.3 Å². The summed E-state index contributed by atoms with van der Waals surface area (Å²) in [5.74, 6) is 0. The average Bonchev–Trinajstić information content (AvgIpc) is 3.00. The molecule has 1 aromatic heterocycles. The van der Waals surface area contributed by atoms with Gasteiger partial charge in [-0.25, -0.2) is 0 Å². The van der Waals surface area contributed by atoms with Gasteiger partial charge in [-0.2, -0.15) is 13.2 Å². The Labute approximate surface area is 140 Å². The van der Waals surface area contributed by atoms with E-state index >= 15 is 0 Å². The van der Waals surface area contributed by atoms with Crippen LogP contribution in [0.2, 0.25) is 0 Å². The monoisotopic (exact) mass is 333 g/mol. The molecule has 128 valence electrons. The molecule has 0 fully saturated rings. The molecule has 0 atom stereocenters. The number of aryl methyl sites for hydroxylation is 1. The Bertz CT molecular complexity index is 770. The van der Waals surface area contributed by atoms with Crippen LogP contribution in [0.3, 0.4) is 0 Å². The normalized spacial score (nSPS) is 10.2. The third-order valence-corrected chi connectivity index (χ3v) is 3.19. The molecule has 3 aromatic rings. The smallest absolute Gasteiger partial charge is 0.361 e. The van der Waals surface area contributed by atoms with Crippen molar-refractivity contribution in [1.29, 1.82) is 0 Å². The fourth-order valence-electron chi connectivity index (χ4n) is 2.08. The minimum absolute atomic E-state index is 0.586. The highest BCUT2D eigenvalue weighted by Crippen LogP contribution is 2.29. The first-order chi connectivity index (χ1) is 11.4. The second kappa shape index (κ2) is 8.96. The van der Waals surface area contributed by atoms with Gasteiger partial charge in [0.25, 0.3) is 0 Å². The predicted octanol–water partition coefficient (Wildman–Crippen LogP) is 6.85. The lowest BCUT2D eigenvalue weighted by Crippen LogP contribution is -2.04. The number of halogens is 3.